The predicted octanol–water partition coefficient (Wildman–Crippen LogP) is 1.72. The molecule has 2 amide bonds. The number of urea groups is 1. The number of nitrogens with zero attached hydrogens (tertiary/aromatic N) is 4. The fourth-order valence-corrected chi connectivity index (χ4v) is 2.95. The molecule has 1 aliphatic heterocycles. The highest BCUT2D eigenvalue weighted by atomic mass is 16.6. The Morgan fingerprint density at radius 2 is 1.82 bits per heavy atom. The summed E-state index contributed by atoms with van der Waals surface area (Å²) in [5.74, 6) is -0.687. The van der Waals surface area contributed by atoms with Gasteiger partial charge in [-0.2, -0.15) is 0 Å². The summed E-state index contributed by atoms with van der Waals surface area (Å²) < 4.78 is 0. The van der Waals surface area contributed by atoms with E-state index in [9.17, 15) is 19.7 Å². The molecule has 1 aromatic heterocycles. The highest BCUT2D eigenvalue weighted by Gasteiger charge is 2.26. The molecule has 146 valence electrons. The number of rotatable bonds is 5. The number of piperazine rings is 1. The molecule has 1 aromatic carbocycles. The Kier molecular flexibility index (Phi) is 5.68. The van der Waals surface area contributed by atoms with E-state index >= 15 is 0 Å². The number of carbonyl (C=O) groups excluding carboxylic acids is 1. The smallest absolute Gasteiger partial charge is 0.335 e. The second kappa shape index (κ2) is 8.33. The fourth-order valence-electron chi connectivity index (χ4n) is 2.95. The van der Waals surface area contributed by atoms with E-state index in [-0.39, 0.29) is 23.8 Å². The number of nitrogens with one attached hydrogen (secondary N) is 1. The summed E-state index contributed by atoms with van der Waals surface area (Å²) in [6, 6.07) is 8.98. The molecule has 0 spiro atoms. The second-order valence-corrected chi connectivity index (χ2v) is 6.24. The van der Waals surface area contributed by atoms with Gasteiger partial charge in [-0.05, 0) is 23.8 Å². The van der Waals surface area contributed by atoms with Crippen LogP contribution in [0.3, 0.4) is 0 Å². The van der Waals surface area contributed by atoms with Gasteiger partial charge in [0, 0.05) is 45.0 Å². The number of hydrogen-bond acceptors (Lipinski definition) is 6. The molecule has 0 radical (unpaired) electrons. The van der Waals surface area contributed by atoms with Gasteiger partial charge < -0.3 is 20.2 Å². The van der Waals surface area contributed by atoms with Crippen LogP contribution in [0.4, 0.5) is 16.3 Å². The van der Waals surface area contributed by atoms with Crippen molar-refractivity contribution in [3.8, 4) is 0 Å². The maximum absolute atomic E-state index is 12.3. The highest BCUT2D eigenvalue weighted by molar-refractivity contribution is 5.87. The largest absolute Gasteiger partial charge is 0.478 e. The summed E-state index contributed by atoms with van der Waals surface area (Å²) in [4.78, 5) is 41.4. The van der Waals surface area contributed by atoms with E-state index in [1.807, 2.05) is 0 Å². The molecule has 1 fully saturated rings. The first-order valence-corrected chi connectivity index (χ1v) is 8.65. The van der Waals surface area contributed by atoms with E-state index in [0.717, 1.165) is 5.56 Å². The van der Waals surface area contributed by atoms with Crippen LogP contribution >= 0.6 is 0 Å². The quantitative estimate of drug-likeness (QED) is 0.592. The Morgan fingerprint density at radius 1 is 1.14 bits per heavy atom. The minimum atomic E-state index is -0.999. The molecule has 0 bridgehead atoms. The van der Waals surface area contributed by atoms with E-state index < -0.39 is 10.9 Å². The van der Waals surface area contributed by atoms with Crippen LogP contribution < -0.4 is 10.2 Å². The van der Waals surface area contributed by atoms with Crippen LogP contribution in [0, 0.1) is 10.1 Å². The van der Waals surface area contributed by atoms with Crippen molar-refractivity contribution < 1.29 is 19.6 Å². The molecule has 0 aliphatic carbocycles. The SMILES string of the molecule is O=C(O)c1ccc(CNC(=O)N2CCN(c3ncccc3[N+](=O)[O-])CC2)cc1. The highest BCUT2D eigenvalue weighted by Crippen LogP contribution is 2.25. The van der Waals surface area contributed by atoms with Crippen LogP contribution in [-0.4, -0.2) is 58.1 Å². The van der Waals surface area contributed by atoms with Crippen LogP contribution in [0.15, 0.2) is 42.6 Å². The van der Waals surface area contributed by atoms with E-state index in [0.29, 0.717) is 32.0 Å². The number of hydrogen-bond donors (Lipinski definition) is 2. The van der Waals surface area contributed by atoms with Crippen molar-refractivity contribution in [3.63, 3.8) is 0 Å². The van der Waals surface area contributed by atoms with Gasteiger partial charge in [-0.3, -0.25) is 10.1 Å². The zero-order valence-corrected chi connectivity index (χ0v) is 14.9. The van der Waals surface area contributed by atoms with Gasteiger partial charge in [0.2, 0.25) is 5.82 Å². The van der Waals surface area contributed by atoms with Gasteiger partial charge in [-0.15, -0.1) is 0 Å². The van der Waals surface area contributed by atoms with Gasteiger partial charge in [0.05, 0.1) is 10.5 Å². The minimum Gasteiger partial charge on any atom is -0.478 e. The molecule has 0 unspecified atom stereocenters. The van der Waals surface area contributed by atoms with Gasteiger partial charge >= 0.3 is 17.7 Å². The molecule has 2 aromatic rings. The van der Waals surface area contributed by atoms with Crippen molar-refractivity contribution in [2.24, 2.45) is 0 Å². The maximum atomic E-state index is 12.3. The monoisotopic (exact) mass is 385 g/mol. The molecule has 1 saturated heterocycles. The lowest BCUT2D eigenvalue weighted by Gasteiger charge is -2.35. The number of amides is 2. The Bertz CT molecular complexity index is 878. The van der Waals surface area contributed by atoms with Gasteiger partial charge in [-0.25, -0.2) is 14.6 Å². The molecule has 2 heterocycles. The van der Waals surface area contributed by atoms with Gasteiger partial charge in [-0.1, -0.05) is 12.1 Å². The Balaban J connectivity index is 1.53. The zero-order chi connectivity index (χ0) is 20.1. The topological polar surface area (TPSA) is 129 Å². The summed E-state index contributed by atoms with van der Waals surface area (Å²) >= 11 is 0. The van der Waals surface area contributed by atoms with Crippen molar-refractivity contribution in [1.82, 2.24) is 15.2 Å². The Morgan fingerprint density at radius 3 is 2.43 bits per heavy atom. The van der Waals surface area contributed by atoms with Crippen molar-refractivity contribution >= 4 is 23.5 Å². The second-order valence-electron chi connectivity index (χ2n) is 6.24. The first-order chi connectivity index (χ1) is 13.5. The molecular weight excluding hydrogens is 366 g/mol. The lowest BCUT2D eigenvalue weighted by atomic mass is 10.1. The van der Waals surface area contributed by atoms with Crippen molar-refractivity contribution in [2.45, 2.75) is 6.54 Å². The number of anilines is 1. The number of nitro groups is 1. The molecule has 3 rings (SSSR count). The van der Waals surface area contributed by atoms with Crippen LogP contribution in [-0.2, 0) is 6.54 Å². The third-order valence-electron chi connectivity index (χ3n) is 4.47. The number of carboxylic acid groups (broad SMARTS) is 1. The number of carbonyl (C=O) groups is 2. The summed E-state index contributed by atoms with van der Waals surface area (Å²) in [7, 11) is 0. The molecule has 0 saturated carbocycles. The summed E-state index contributed by atoms with van der Waals surface area (Å²) in [6.45, 7) is 2.00. The van der Waals surface area contributed by atoms with Crippen LogP contribution in [0.25, 0.3) is 0 Å². The molecule has 1 aliphatic rings. The lowest BCUT2D eigenvalue weighted by molar-refractivity contribution is -0.384. The van der Waals surface area contributed by atoms with Gasteiger partial charge in [0.25, 0.3) is 0 Å². The van der Waals surface area contributed by atoms with E-state index in [2.05, 4.69) is 10.3 Å². The average Bonchev–Trinajstić information content (AvgIpc) is 2.72. The number of aromatic carboxylic acids is 1. The van der Waals surface area contributed by atoms with Crippen molar-refractivity contribution in [3.05, 3.63) is 63.8 Å². The standard InChI is InChI=1S/C18H19N5O5/c24-17(25)14-5-3-13(4-6-14)12-20-18(26)22-10-8-21(9-11-22)16-15(23(27)28)2-1-7-19-16/h1-7H,8-12H2,(H,20,26)(H,24,25). The number of aromatic nitrogens is 1. The van der Waals surface area contributed by atoms with Gasteiger partial charge in [0.1, 0.15) is 0 Å². The third-order valence-corrected chi connectivity index (χ3v) is 4.47. The van der Waals surface area contributed by atoms with Crippen LogP contribution in [0.5, 0.6) is 0 Å². The van der Waals surface area contributed by atoms with E-state index in [1.165, 1.54) is 30.5 Å². The zero-order valence-electron chi connectivity index (χ0n) is 14.9. The number of benzene rings is 1. The molecule has 10 heteroatoms. The molecule has 28 heavy (non-hydrogen) atoms. The summed E-state index contributed by atoms with van der Waals surface area (Å²) in [5.41, 5.74) is 0.932. The number of pyridine rings is 1. The Labute approximate surface area is 160 Å². The van der Waals surface area contributed by atoms with Crippen LogP contribution in [0.1, 0.15) is 15.9 Å². The van der Waals surface area contributed by atoms with E-state index in [4.69, 9.17) is 5.11 Å². The first kappa shape index (κ1) is 19.1. The Hall–Kier alpha value is -3.69. The maximum Gasteiger partial charge on any atom is 0.335 e. The lowest BCUT2D eigenvalue weighted by Crippen LogP contribution is -2.52. The van der Waals surface area contributed by atoms with E-state index in [1.54, 1.807) is 21.9 Å². The third kappa shape index (κ3) is 4.34. The van der Waals surface area contributed by atoms with Crippen molar-refractivity contribution in [2.75, 3.05) is 31.1 Å². The number of carboxylic acids is 1. The van der Waals surface area contributed by atoms with Gasteiger partial charge in [0.15, 0.2) is 0 Å². The summed E-state index contributed by atoms with van der Waals surface area (Å²) in [6.07, 6.45) is 1.51. The minimum absolute atomic E-state index is 0.0507. The summed E-state index contributed by atoms with van der Waals surface area (Å²) in [5, 5.41) is 22.8. The molecule has 10 nitrogen and oxygen atoms in total. The molecule has 2 N–H and O–H groups in total. The normalized spacial score (nSPS) is 13.9. The molecular formula is C18H19N5O5. The fraction of sp³-hybridized carbons (Fsp3) is 0.278. The van der Waals surface area contributed by atoms with Crippen LogP contribution in [0.2, 0.25) is 0 Å². The van der Waals surface area contributed by atoms with Crippen molar-refractivity contribution in [1.29, 1.82) is 0 Å². The average molecular weight is 385 g/mol. The first-order valence-electron chi connectivity index (χ1n) is 8.65. The predicted molar refractivity (Wildman–Crippen MR) is 100 cm³/mol. The molecule has 0 atom stereocenters.